The summed E-state index contributed by atoms with van der Waals surface area (Å²) in [5.74, 6) is 0.826. The third-order valence-electron chi connectivity index (χ3n) is 5.47. The van der Waals surface area contributed by atoms with Crippen molar-refractivity contribution in [1.82, 2.24) is 0 Å². The number of hydrogen-bond acceptors (Lipinski definition) is 3. The van der Waals surface area contributed by atoms with Gasteiger partial charge in [0.2, 0.25) is 0 Å². The zero-order valence-electron chi connectivity index (χ0n) is 18.1. The molecule has 0 atom stereocenters. The standard InChI is InChI=1S/C27H28N2O/c1-5-29(6-2)23-14-12-22(13-15-23)28-24-18-25(21-10-8-7-9-11-21)30-26-17-19(3)16-20(4)27(24)26/h7-18H,5-6H2,1-4H3. The molecule has 0 saturated carbocycles. The van der Waals surface area contributed by atoms with E-state index < -0.39 is 0 Å². The van der Waals surface area contributed by atoms with Crippen molar-refractivity contribution >= 4 is 22.3 Å². The number of anilines is 1. The first-order chi connectivity index (χ1) is 14.6. The molecule has 0 amide bonds. The molecule has 0 aliphatic heterocycles. The lowest BCUT2D eigenvalue weighted by Crippen LogP contribution is -2.21. The molecule has 152 valence electrons. The molecule has 0 bridgehead atoms. The van der Waals surface area contributed by atoms with E-state index in [0.29, 0.717) is 0 Å². The van der Waals surface area contributed by atoms with Gasteiger partial charge in [-0.1, -0.05) is 36.4 Å². The van der Waals surface area contributed by atoms with Crippen LogP contribution in [0.3, 0.4) is 0 Å². The maximum absolute atomic E-state index is 6.30. The number of nitrogens with zero attached hydrogens (tertiary/aromatic N) is 2. The first kappa shape index (κ1) is 20.0. The van der Waals surface area contributed by atoms with Gasteiger partial charge in [-0.25, -0.2) is 4.99 Å². The topological polar surface area (TPSA) is 28.7 Å². The third-order valence-corrected chi connectivity index (χ3v) is 5.47. The quantitative estimate of drug-likeness (QED) is 0.371. The van der Waals surface area contributed by atoms with E-state index in [-0.39, 0.29) is 0 Å². The maximum atomic E-state index is 6.30. The van der Waals surface area contributed by atoms with Crippen LogP contribution < -0.4 is 10.3 Å². The first-order valence-electron chi connectivity index (χ1n) is 10.6. The Bertz CT molecular complexity index is 1220. The summed E-state index contributed by atoms with van der Waals surface area (Å²) in [7, 11) is 0. The molecule has 30 heavy (non-hydrogen) atoms. The summed E-state index contributed by atoms with van der Waals surface area (Å²) in [5, 5.41) is 2.00. The highest BCUT2D eigenvalue weighted by Gasteiger charge is 2.09. The van der Waals surface area contributed by atoms with E-state index >= 15 is 0 Å². The highest BCUT2D eigenvalue weighted by atomic mass is 16.3. The van der Waals surface area contributed by atoms with Crippen molar-refractivity contribution < 1.29 is 4.42 Å². The summed E-state index contributed by atoms with van der Waals surface area (Å²) < 4.78 is 6.30. The number of rotatable bonds is 5. The van der Waals surface area contributed by atoms with E-state index in [1.165, 1.54) is 16.8 Å². The Morgan fingerprint density at radius 1 is 0.833 bits per heavy atom. The van der Waals surface area contributed by atoms with Crippen molar-refractivity contribution in [3.8, 4) is 11.3 Å². The van der Waals surface area contributed by atoms with Gasteiger partial charge in [0.15, 0.2) is 0 Å². The Labute approximate surface area is 178 Å². The second-order valence-corrected chi connectivity index (χ2v) is 7.62. The van der Waals surface area contributed by atoms with Gasteiger partial charge in [0.1, 0.15) is 11.3 Å². The Morgan fingerprint density at radius 3 is 2.20 bits per heavy atom. The van der Waals surface area contributed by atoms with Gasteiger partial charge in [-0.15, -0.1) is 0 Å². The van der Waals surface area contributed by atoms with Gasteiger partial charge in [-0.3, -0.25) is 0 Å². The van der Waals surface area contributed by atoms with Crippen LogP contribution in [0.15, 0.2) is 82.2 Å². The van der Waals surface area contributed by atoms with Gasteiger partial charge in [-0.2, -0.15) is 0 Å². The second kappa shape index (κ2) is 8.58. The zero-order chi connectivity index (χ0) is 21.1. The van der Waals surface area contributed by atoms with Gasteiger partial charge in [-0.05, 0) is 69.2 Å². The van der Waals surface area contributed by atoms with Gasteiger partial charge >= 0.3 is 0 Å². The Balaban J connectivity index is 1.90. The van der Waals surface area contributed by atoms with Crippen LogP contribution in [0.2, 0.25) is 0 Å². The molecule has 4 rings (SSSR count). The molecule has 0 N–H and O–H groups in total. The molecule has 1 heterocycles. The van der Waals surface area contributed by atoms with Gasteiger partial charge in [0.25, 0.3) is 0 Å². The Kier molecular flexibility index (Phi) is 5.71. The van der Waals surface area contributed by atoms with E-state index in [9.17, 15) is 0 Å². The molecular weight excluding hydrogens is 368 g/mol. The van der Waals surface area contributed by atoms with E-state index in [1.54, 1.807) is 0 Å². The van der Waals surface area contributed by atoms with Gasteiger partial charge in [0.05, 0.1) is 11.0 Å². The predicted octanol–water partition coefficient (Wildman–Crippen LogP) is 6.80. The molecule has 0 fully saturated rings. The summed E-state index contributed by atoms with van der Waals surface area (Å²) in [6, 6.07) is 25.0. The molecule has 0 saturated heterocycles. The Hall–Kier alpha value is -3.33. The predicted molar refractivity (Wildman–Crippen MR) is 126 cm³/mol. The van der Waals surface area contributed by atoms with E-state index in [0.717, 1.165) is 46.4 Å². The van der Waals surface area contributed by atoms with Crippen LogP contribution >= 0.6 is 0 Å². The minimum absolute atomic E-state index is 0.826. The van der Waals surface area contributed by atoms with E-state index in [4.69, 9.17) is 9.41 Å². The van der Waals surface area contributed by atoms with Crippen LogP contribution in [0.1, 0.15) is 25.0 Å². The number of fused-ring (bicyclic) bond motifs is 1. The number of hydrogen-bond donors (Lipinski definition) is 0. The van der Waals surface area contributed by atoms with Crippen molar-refractivity contribution in [2.45, 2.75) is 27.7 Å². The van der Waals surface area contributed by atoms with Crippen LogP contribution in [-0.2, 0) is 0 Å². The van der Waals surface area contributed by atoms with Gasteiger partial charge in [0, 0.05) is 35.8 Å². The van der Waals surface area contributed by atoms with Crippen LogP contribution in [0.5, 0.6) is 0 Å². The summed E-state index contributed by atoms with van der Waals surface area (Å²) in [6.45, 7) is 10.6. The fourth-order valence-corrected chi connectivity index (χ4v) is 3.98. The lowest BCUT2D eigenvalue weighted by Gasteiger charge is -2.20. The fourth-order valence-electron chi connectivity index (χ4n) is 3.98. The fraction of sp³-hybridized carbons (Fsp3) is 0.222. The van der Waals surface area contributed by atoms with Gasteiger partial charge < -0.3 is 9.32 Å². The molecule has 0 spiro atoms. The SMILES string of the molecule is CCN(CC)c1ccc(N=c2cc(-c3ccccc3)oc3cc(C)cc(C)c23)cc1. The molecule has 0 aliphatic carbocycles. The average molecular weight is 397 g/mol. The highest BCUT2D eigenvalue weighted by molar-refractivity contribution is 5.82. The summed E-state index contributed by atoms with van der Waals surface area (Å²) in [4.78, 5) is 7.35. The summed E-state index contributed by atoms with van der Waals surface area (Å²) in [6.07, 6.45) is 0. The lowest BCUT2D eigenvalue weighted by atomic mass is 10.0. The smallest absolute Gasteiger partial charge is 0.137 e. The summed E-state index contributed by atoms with van der Waals surface area (Å²) >= 11 is 0. The van der Waals surface area contributed by atoms with E-state index in [2.05, 4.69) is 87.2 Å². The van der Waals surface area contributed by atoms with Crippen LogP contribution in [0, 0.1) is 13.8 Å². The molecule has 3 heteroatoms. The van der Waals surface area contributed by atoms with Crippen molar-refractivity contribution in [3.63, 3.8) is 0 Å². The number of benzene rings is 3. The zero-order valence-corrected chi connectivity index (χ0v) is 18.1. The first-order valence-corrected chi connectivity index (χ1v) is 10.6. The number of aryl methyl sites for hydroxylation is 2. The average Bonchev–Trinajstić information content (AvgIpc) is 2.75. The van der Waals surface area contributed by atoms with Crippen LogP contribution in [0.4, 0.5) is 11.4 Å². The maximum Gasteiger partial charge on any atom is 0.137 e. The van der Waals surface area contributed by atoms with Crippen LogP contribution in [-0.4, -0.2) is 13.1 Å². The lowest BCUT2D eigenvalue weighted by molar-refractivity contribution is 0.618. The molecule has 0 radical (unpaired) electrons. The summed E-state index contributed by atoms with van der Waals surface area (Å²) in [5.41, 5.74) is 6.44. The molecule has 4 aromatic rings. The highest BCUT2D eigenvalue weighted by Crippen LogP contribution is 2.26. The molecule has 1 aromatic heterocycles. The minimum Gasteiger partial charge on any atom is -0.456 e. The molecule has 3 aromatic carbocycles. The molecular formula is C27H28N2O. The van der Waals surface area contributed by atoms with Crippen LogP contribution in [0.25, 0.3) is 22.3 Å². The van der Waals surface area contributed by atoms with Crippen molar-refractivity contribution in [3.05, 3.63) is 89.3 Å². The monoisotopic (exact) mass is 396 g/mol. The minimum atomic E-state index is 0.826. The normalized spacial score (nSPS) is 11.8. The molecule has 3 nitrogen and oxygen atoms in total. The second-order valence-electron chi connectivity index (χ2n) is 7.62. The molecule has 0 aliphatic rings. The van der Waals surface area contributed by atoms with Crippen molar-refractivity contribution in [1.29, 1.82) is 0 Å². The van der Waals surface area contributed by atoms with Crippen molar-refractivity contribution in [2.24, 2.45) is 4.99 Å². The third kappa shape index (κ3) is 4.02. The Morgan fingerprint density at radius 2 is 1.53 bits per heavy atom. The largest absolute Gasteiger partial charge is 0.456 e. The van der Waals surface area contributed by atoms with E-state index in [1.807, 2.05) is 18.2 Å². The molecule has 0 unspecified atom stereocenters. The van der Waals surface area contributed by atoms with Crippen molar-refractivity contribution in [2.75, 3.05) is 18.0 Å².